The zero-order chi connectivity index (χ0) is 58.5. The lowest BCUT2D eigenvalue weighted by atomic mass is 10.0. The van der Waals surface area contributed by atoms with Gasteiger partial charge in [0.2, 0.25) is 5.91 Å². The first-order valence-electron chi connectivity index (χ1n) is 37.8. The van der Waals surface area contributed by atoms with Crippen molar-refractivity contribution in [3.63, 3.8) is 0 Å². The van der Waals surface area contributed by atoms with Gasteiger partial charge in [-0.1, -0.05) is 406 Å². The van der Waals surface area contributed by atoms with Crippen LogP contribution in [-0.4, -0.2) is 47.4 Å². The predicted octanol–water partition coefficient (Wildman–Crippen LogP) is 24.5. The molecule has 0 aromatic heterocycles. The molecule has 0 rings (SSSR count). The van der Waals surface area contributed by atoms with E-state index in [1.54, 1.807) is 0 Å². The lowest BCUT2D eigenvalue weighted by Crippen LogP contribution is -2.45. The average Bonchev–Trinajstić information content (AvgIpc) is 3.47. The normalized spacial score (nSPS) is 12.4. The topological polar surface area (TPSA) is 95.9 Å². The maximum Gasteiger partial charge on any atom is 0.305 e. The summed E-state index contributed by atoms with van der Waals surface area (Å²) in [4.78, 5) is 24.6. The van der Waals surface area contributed by atoms with Crippen molar-refractivity contribution >= 4 is 11.9 Å². The van der Waals surface area contributed by atoms with Gasteiger partial charge >= 0.3 is 5.97 Å². The van der Waals surface area contributed by atoms with E-state index in [-0.39, 0.29) is 18.5 Å². The molecule has 0 aromatic rings. The molecule has 81 heavy (non-hydrogen) atoms. The fraction of sp³-hybridized carbons (Fsp3) is 0.973. The van der Waals surface area contributed by atoms with Crippen molar-refractivity contribution in [1.82, 2.24) is 5.32 Å². The van der Waals surface area contributed by atoms with Crippen LogP contribution in [0.5, 0.6) is 0 Å². The van der Waals surface area contributed by atoms with Gasteiger partial charge in [0.05, 0.1) is 25.4 Å². The summed E-state index contributed by atoms with van der Waals surface area (Å²) in [5, 5.41) is 23.5. The summed E-state index contributed by atoms with van der Waals surface area (Å²) in [5.74, 6) is -0.00304. The summed E-state index contributed by atoms with van der Waals surface area (Å²) in [5.41, 5.74) is 0. The van der Waals surface area contributed by atoms with Gasteiger partial charge in [0.1, 0.15) is 0 Å². The molecule has 484 valence electrons. The number of carbonyl (C=O) groups excluding carboxylic acids is 2. The fourth-order valence-electron chi connectivity index (χ4n) is 12.4. The van der Waals surface area contributed by atoms with Crippen LogP contribution in [0.4, 0.5) is 0 Å². The Balaban J connectivity index is 3.33. The van der Waals surface area contributed by atoms with Crippen LogP contribution in [0.15, 0.2) is 0 Å². The van der Waals surface area contributed by atoms with Crippen molar-refractivity contribution in [3.8, 4) is 0 Å². The highest BCUT2D eigenvalue weighted by atomic mass is 16.5. The number of hydrogen-bond acceptors (Lipinski definition) is 5. The number of esters is 1. The Labute approximate surface area is 508 Å². The van der Waals surface area contributed by atoms with Crippen LogP contribution < -0.4 is 5.32 Å². The third-order valence-electron chi connectivity index (χ3n) is 18.2. The van der Waals surface area contributed by atoms with Gasteiger partial charge in [-0.2, -0.15) is 0 Å². The lowest BCUT2D eigenvalue weighted by Gasteiger charge is -2.22. The second-order valence-corrected chi connectivity index (χ2v) is 26.4. The molecule has 0 spiro atoms. The standard InChI is InChI=1S/C75H149NO5/c1-3-5-7-9-11-13-15-16-17-18-19-20-32-35-38-41-44-48-51-55-59-63-67-73(78)72(71-77)76-74(79)68-64-60-56-52-49-45-42-39-36-33-30-28-26-24-22-21-23-25-27-29-31-34-37-40-43-46-50-54-58-62-66-70-81-75(80)69-65-61-57-53-47-14-12-10-8-6-4-2/h72-73,77-78H,3-71H2,1-2H3,(H,76,79). The van der Waals surface area contributed by atoms with Crippen molar-refractivity contribution in [2.24, 2.45) is 0 Å². The number of nitrogens with one attached hydrogen (secondary N) is 1. The molecule has 0 saturated heterocycles. The van der Waals surface area contributed by atoms with E-state index in [1.165, 1.54) is 372 Å². The van der Waals surface area contributed by atoms with Crippen LogP contribution in [0.25, 0.3) is 0 Å². The minimum absolute atomic E-state index is 0.0217. The van der Waals surface area contributed by atoms with E-state index < -0.39 is 12.1 Å². The Morgan fingerprint density at radius 3 is 0.753 bits per heavy atom. The number of hydrogen-bond donors (Lipinski definition) is 3. The Morgan fingerprint density at radius 2 is 0.506 bits per heavy atom. The van der Waals surface area contributed by atoms with Crippen molar-refractivity contribution < 1.29 is 24.5 Å². The largest absolute Gasteiger partial charge is 0.466 e. The van der Waals surface area contributed by atoms with E-state index in [1.807, 2.05) is 0 Å². The number of ether oxygens (including phenoxy) is 1. The first-order valence-corrected chi connectivity index (χ1v) is 37.8. The number of rotatable bonds is 72. The van der Waals surface area contributed by atoms with Crippen molar-refractivity contribution in [1.29, 1.82) is 0 Å². The first kappa shape index (κ1) is 79.9. The Kier molecular flexibility index (Phi) is 70.3. The van der Waals surface area contributed by atoms with Gasteiger partial charge in [-0.25, -0.2) is 0 Å². The highest BCUT2D eigenvalue weighted by Gasteiger charge is 2.20. The maximum atomic E-state index is 12.6. The van der Waals surface area contributed by atoms with E-state index in [4.69, 9.17) is 4.74 Å². The van der Waals surface area contributed by atoms with Gasteiger partial charge in [-0.05, 0) is 25.7 Å². The Bertz CT molecular complexity index is 1180. The summed E-state index contributed by atoms with van der Waals surface area (Å²) in [6.45, 7) is 5.01. The summed E-state index contributed by atoms with van der Waals surface area (Å²) < 4.78 is 5.48. The number of aliphatic hydroxyl groups is 2. The van der Waals surface area contributed by atoms with E-state index in [0.717, 1.165) is 38.5 Å². The second kappa shape index (κ2) is 71.3. The molecule has 0 fully saturated rings. The Morgan fingerprint density at radius 1 is 0.296 bits per heavy atom. The molecule has 0 aliphatic rings. The molecular formula is C75H149NO5. The molecule has 2 unspecified atom stereocenters. The first-order chi connectivity index (χ1) is 40.0. The number of carbonyl (C=O) groups is 2. The SMILES string of the molecule is CCCCCCCCCCCCCCCCCCCCCCCCC(O)C(CO)NC(=O)CCCCCCCCCCCCCCCCCCCCCCCCCCCCCCCCCOC(=O)CCCCCCCCCCCCC. The van der Waals surface area contributed by atoms with E-state index in [0.29, 0.717) is 25.9 Å². The van der Waals surface area contributed by atoms with Crippen LogP contribution >= 0.6 is 0 Å². The van der Waals surface area contributed by atoms with Gasteiger partial charge in [0.25, 0.3) is 0 Å². The van der Waals surface area contributed by atoms with E-state index >= 15 is 0 Å². The van der Waals surface area contributed by atoms with E-state index in [2.05, 4.69) is 19.2 Å². The van der Waals surface area contributed by atoms with Crippen molar-refractivity contribution in [2.45, 2.75) is 456 Å². The summed E-state index contributed by atoms with van der Waals surface area (Å²) in [7, 11) is 0. The van der Waals surface area contributed by atoms with Gasteiger partial charge in [0.15, 0.2) is 0 Å². The third-order valence-corrected chi connectivity index (χ3v) is 18.2. The lowest BCUT2D eigenvalue weighted by molar-refractivity contribution is -0.143. The van der Waals surface area contributed by atoms with Gasteiger partial charge in [-0.3, -0.25) is 9.59 Å². The quantitative estimate of drug-likeness (QED) is 0.0417. The molecule has 2 atom stereocenters. The van der Waals surface area contributed by atoms with Crippen molar-refractivity contribution in [3.05, 3.63) is 0 Å². The van der Waals surface area contributed by atoms with Crippen LogP contribution in [0.2, 0.25) is 0 Å². The molecule has 0 aliphatic heterocycles. The summed E-state index contributed by atoms with van der Waals surface area (Å²) >= 11 is 0. The molecule has 3 N–H and O–H groups in total. The monoisotopic (exact) mass is 1140 g/mol. The number of unbranched alkanes of at least 4 members (excludes halogenated alkanes) is 61. The zero-order valence-corrected chi connectivity index (χ0v) is 55.6. The van der Waals surface area contributed by atoms with Crippen molar-refractivity contribution in [2.75, 3.05) is 13.2 Å². The second-order valence-electron chi connectivity index (χ2n) is 26.4. The van der Waals surface area contributed by atoms with Gasteiger partial charge in [0, 0.05) is 12.8 Å². The average molecular weight is 1150 g/mol. The maximum absolute atomic E-state index is 12.6. The van der Waals surface area contributed by atoms with E-state index in [9.17, 15) is 19.8 Å². The number of aliphatic hydroxyl groups excluding tert-OH is 2. The highest BCUT2D eigenvalue weighted by molar-refractivity contribution is 5.76. The molecule has 0 aliphatic carbocycles. The molecule has 0 heterocycles. The Hall–Kier alpha value is -1.14. The smallest absolute Gasteiger partial charge is 0.305 e. The van der Waals surface area contributed by atoms with Crippen LogP contribution in [0, 0.1) is 0 Å². The molecular weight excluding hydrogens is 995 g/mol. The third kappa shape index (κ3) is 67.9. The zero-order valence-electron chi connectivity index (χ0n) is 55.6. The molecule has 0 bridgehead atoms. The van der Waals surface area contributed by atoms with Crippen LogP contribution in [0.1, 0.15) is 444 Å². The van der Waals surface area contributed by atoms with Gasteiger partial charge in [-0.15, -0.1) is 0 Å². The van der Waals surface area contributed by atoms with Gasteiger partial charge < -0.3 is 20.3 Å². The van der Waals surface area contributed by atoms with Crippen LogP contribution in [0.3, 0.4) is 0 Å². The summed E-state index contributed by atoms with van der Waals surface area (Å²) in [6.07, 6.45) is 87.5. The molecule has 1 amide bonds. The number of amides is 1. The minimum Gasteiger partial charge on any atom is -0.466 e. The van der Waals surface area contributed by atoms with Crippen LogP contribution in [-0.2, 0) is 14.3 Å². The fourth-order valence-corrected chi connectivity index (χ4v) is 12.4. The molecule has 6 heteroatoms. The highest BCUT2D eigenvalue weighted by Crippen LogP contribution is 2.20. The minimum atomic E-state index is -0.661. The molecule has 0 radical (unpaired) electrons. The molecule has 0 saturated carbocycles. The molecule has 0 aromatic carbocycles. The molecule has 6 nitrogen and oxygen atoms in total. The summed E-state index contributed by atoms with van der Waals surface area (Å²) in [6, 6.07) is -0.538. The predicted molar refractivity (Wildman–Crippen MR) is 357 cm³/mol.